The summed E-state index contributed by atoms with van der Waals surface area (Å²) in [5.74, 6) is -0.0897. The second-order valence-electron chi connectivity index (χ2n) is 13.2. The highest BCUT2D eigenvalue weighted by Crippen LogP contribution is 2.47. The van der Waals surface area contributed by atoms with Gasteiger partial charge in [0.05, 0.1) is 24.5 Å². The highest BCUT2D eigenvalue weighted by molar-refractivity contribution is 7.98. The maximum atomic E-state index is 13.2. The van der Waals surface area contributed by atoms with Crippen LogP contribution < -0.4 is 15.0 Å². The standard InChI is InChI=1S/C27H35ClN2O6.C8H15NO3S.C2H2/c1-16-8-6-7-10-27(33)15-21(35-25(32)29-27)17(2)24-26(3,36-24)11-9-22(31)30(4)19-13-18(12-16)14-20(34-5)23(19)28;1-6(8(11)12)9(2)7(10)4-5-13-3;1-2/h6-8,13-14,17,21,24,33H,9-12,15H2,1-5H3,(H,29,32);6H,4-5H2,1-3H3,(H,11,12);1-2H/b7-6+,16-8+;;/t17-,21+,24+,26+,27-;6-;/m11./s1. The smallest absolute Gasteiger partial charge is 0.409 e. The lowest BCUT2D eigenvalue weighted by Crippen LogP contribution is -2.57. The molecular formula is C37H52ClN3O9S. The van der Waals surface area contributed by atoms with E-state index in [1.54, 1.807) is 30.8 Å². The third-order valence-corrected chi connectivity index (χ3v) is 10.3. The molecule has 0 aliphatic carbocycles. The predicted octanol–water partition coefficient (Wildman–Crippen LogP) is 5.44. The third-order valence-electron chi connectivity index (χ3n) is 9.31. The van der Waals surface area contributed by atoms with E-state index in [-0.39, 0.29) is 43.1 Å². The van der Waals surface area contributed by atoms with Gasteiger partial charge in [-0.15, -0.1) is 12.8 Å². The lowest BCUT2D eigenvalue weighted by atomic mass is 9.85. The van der Waals surface area contributed by atoms with Crippen LogP contribution in [0.5, 0.6) is 5.75 Å². The van der Waals surface area contributed by atoms with Crippen molar-refractivity contribution < 1.29 is 43.6 Å². The second kappa shape index (κ2) is 19.2. The van der Waals surface area contributed by atoms with Crippen molar-refractivity contribution in [1.82, 2.24) is 10.2 Å². The van der Waals surface area contributed by atoms with Crippen LogP contribution in [0.15, 0.2) is 35.9 Å². The van der Waals surface area contributed by atoms with Crippen LogP contribution in [-0.2, 0) is 30.3 Å². The molecule has 3 N–H and O–H groups in total. The SMILES string of the molecule is C#C.COc1cc2cc(c1Cl)N(C)C(=O)CC[C@]1(C)O[C@H]1[C@H](C)[C@@H]1C[C@](O)(C/C=C/C=C(\C)C2)NC(=O)O1.CSCCC(=O)N(C)[C@H](C)C(=O)O. The molecule has 0 saturated carbocycles. The summed E-state index contributed by atoms with van der Waals surface area (Å²) in [5, 5.41) is 22.7. The number of allylic oxidation sites excluding steroid dienone is 3. The summed E-state index contributed by atoms with van der Waals surface area (Å²) in [6, 6.07) is 3.05. The molecule has 0 unspecified atom stereocenters. The van der Waals surface area contributed by atoms with Crippen molar-refractivity contribution in [1.29, 1.82) is 0 Å². The summed E-state index contributed by atoms with van der Waals surface area (Å²) in [4.78, 5) is 50.1. The zero-order valence-corrected chi connectivity index (χ0v) is 32.3. The zero-order chi connectivity index (χ0) is 38.7. The van der Waals surface area contributed by atoms with Gasteiger partial charge in [0.1, 0.15) is 28.6 Å². The minimum absolute atomic E-state index is 0.0879. The molecule has 12 nitrogen and oxygen atoms in total. The van der Waals surface area contributed by atoms with Gasteiger partial charge in [0.2, 0.25) is 11.8 Å². The number of carbonyl (C=O) groups excluding carboxylic acids is 3. The fourth-order valence-electron chi connectivity index (χ4n) is 5.94. The number of amides is 3. The number of methoxy groups -OCH3 is 1. The average molecular weight is 750 g/mol. The van der Waals surface area contributed by atoms with Gasteiger partial charge in [-0.2, -0.15) is 11.8 Å². The first kappa shape index (κ1) is 43.5. The van der Waals surface area contributed by atoms with Crippen LogP contribution in [0.2, 0.25) is 5.02 Å². The number of aliphatic carboxylic acids is 1. The number of aliphatic hydroxyl groups is 1. The van der Waals surface area contributed by atoms with Gasteiger partial charge in [-0.25, -0.2) is 9.59 Å². The van der Waals surface area contributed by atoms with Crippen molar-refractivity contribution in [3.8, 4) is 18.6 Å². The Hall–Kier alpha value is -3.70. The molecule has 3 heterocycles. The molecule has 6 atom stereocenters. The van der Waals surface area contributed by atoms with Crippen LogP contribution in [0, 0.1) is 18.8 Å². The Bertz CT molecular complexity index is 1500. The molecule has 2 fully saturated rings. The van der Waals surface area contributed by atoms with E-state index in [4.69, 9.17) is 30.9 Å². The van der Waals surface area contributed by atoms with E-state index in [1.807, 2.05) is 57.4 Å². The number of carboxylic acids is 1. The molecule has 3 aliphatic heterocycles. The van der Waals surface area contributed by atoms with Gasteiger partial charge >= 0.3 is 12.1 Å². The van der Waals surface area contributed by atoms with Crippen molar-refractivity contribution >= 4 is 52.9 Å². The van der Waals surface area contributed by atoms with Crippen LogP contribution in [0.1, 0.15) is 65.4 Å². The number of benzene rings is 1. The van der Waals surface area contributed by atoms with E-state index in [2.05, 4.69) is 18.2 Å². The van der Waals surface area contributed by atoms with E-state index in [0.717, 1.165) is 16.9 Å². The molecule has 3 aliphatic rings. The molecule has 3 amide bonds. The number of epoxide rings is 1. The van der Waals surface area contributed by atoms with Crippen LogP contribution in [-0.4, -0.2) is 102 Å². The molecular weight excluding hydrogens is 698 g/mol. The molecule has 14 heteroatoms. The number of hydrogen-bond donors (Lipinski definition) is 3. The Morgan fingerprint density at radius 3 is 2.57 bits per heavy atom. The Morgan fingerprint density at radius 2 is 1.96 bits per heavy atom. The van der Waals surface area contributed by atoms with Gasteiger partial charge in [-0.3, -0.25) is 14.9 Å². The van der Waals surface area contributed by atoms with Gasteiger partial charge in [0.25, 0.3) is 0 Å². The van der Waals surface area contributed by atoms with Gasteiger partial charge in [0, 0.05) is 51.4 Å². The van der Waals surface area contributed by atoms with Gasteiger partial charge in [-0.1, -0.05) is 42.3 Å². The average Bonchev–Trinajstić information content (AvgIpc) is 3.78. The number of carbonyl (C=O) groups is 4. The van der Waals surface area contributed by atoms with Gasteiger partial charge in [-0.05, 0) is 57.6 Å². The van der Waals surface area contributed by atoms with Crippen molar-refractivity contribution in [2.45, 2.75) is 95.8 Å². The number of thioether (sulfide) groups is 1. The van der Waals surface area contributed by atoms with E-state index in [0.29, 0.717) is 35.7 Å². The first-order valence-corrected chi connectivity index (χ1v) is 18.4. The molecule has 1 aromatic carbocycles. The van der Waals surface area contributed by atoms with Gasteiger partial charge in [0.15, 0.2) is 0 Å². The number of fused-ring (bicyclic) bond motifs is 5. The van der Waals surface area contributed by atoms with E-state index in [9.17, 15) is 24.3 Å². The maximum absolute atomic E-state index is 13.2. The monoisotopic (exact) mass is 749 g/mol. The van der Waals surface area contributed by atoms with Crippen molar-refractivity contribution in [3.63, 3.8) is 0 Å². The quantitative estimate of drug-likeness (QED) is 0.253. The lowest BCUT2D eigenvalue weighted by molar-refractivity contribution is -0.148. The Balaban J connectivity index is 0.000000509. The van der Waals surface area contributed by atoms with E-state index in [1.165, 1.54) is 18.9 Å². The zero-order valence-electron chi connectivity index (χ0n) is 30.7. The molecule has 0 spiro atoms. The summed E-state index contributed by atoms with van der Waals surface area (Å²) in [6.45, 7) is 7.42. The number of terminal acetylenes is 1. The number of hydrogen-bond acceptors (Lipinski definition) is 9. The largest absolute Gasteiger partial charge is 0.495 e. The summed E-state index contributed by atoms with van der Waals surface area (Å²) >= 11 is 8.16. The first-order chi connectivity index (χ1) is 23.9. The van der Waals surface area contributed by atoms with Crippen LogP contribution in [0.3, 0.4) is 0 Å². The predicted molar refractivity (Wildman–Crippen MR) is 200 cm³/mol. The summed E-state index contributed by atoms with van der Waals surface area (Å²) in [7, 11) is 4.78. The molecule has 4 bridgehead atoms. The molecule has 1 aromatic rings. The van der Waals surface area contributed by atoms with Crippen molar-refractivity contribution in [3.05, 3.63) is 46.5 Å². The first-order valence-electron chi connectivity index (χ1n) is 16.6. The third kappa shape index (κ3) is 11.9. The molecule has 0 aromatic heterocycles. The summed E-state index contributed by atoms with van der Waals surface area (Å²) in [5.41, 5.74) is 0.692. The Morgan fingerprint density at radius 1 is 1.29 bits per heavy atom. The maximum Gasteiger partial charge on any atom is 0.409 e. The fraction of sp³-hybridized carbons (Fsp3) is 0.568. The number of ether oxygens (including phenoxy) is 3. The fourth-order valence-corrected chi connectivity index (χ4v) is 6.63. The number of halogens is 1. The highest BCUT2D eigenvalue weighted by atomic mass is 35.5. The molecule has 51 heavy (non-hydrogen) atoms. The minimum Gasteiger partial charge on any atom is -0.495 e. The number of nitrogens with one attached hydrogen (secondary N) is 1. The van der Waals surface area contributed by atoms with Crippen LogP contribution in [0.25, 0.3) is 0 Å². The second-order valence-corrected chi connectivity index (χ2v) is 14.5. The molecule has 4 rings (SSSR count). The number of nitrogens with zero attached hydrogens (tertiary/aromatic N) is 2. The minimum atomic E-state index is -1.40. The lowest BCUT2D eigenvalue weighted by Gasteiger charge is -2.38. The number of rotatable bonds is 6. The summed E-state index contributed by atoms with van der Waals surface area (Å²) < 4.78 is 17.0. The van der Waals surface area contributed by atoms with Crippen molar-refractivity contribution in [2.24, 2.45) is 5.92 Å². The molecule has 282 valence electrons. The topological polar surface area (TPSA) is 158 Å². The number of likely N-dealkylation sites (N-methyl/N-ethyl adjacent to an activating group) is 1. The van der Waals surface area contributed by atoms with Crippen LogP contribution in [0.4, 0.5) is 10.5 Å². The molecule has 0 radical (unpaired) electrons. The van der Waals surface area contributed by atoms with E-state index < -0.39 is 35.5 Å². The van der Waals surface area contributed by atoms with Gasteiger partial charge < -0.3 is 34.2 Å². The number of alkyl carbamates (subject to hydrolysis) is 1. The molecule has 2 saturated heterocycles. The Labute approximate surface area is 310 Å². The number of anilines is 1. The summed E-state index contributed by atoms with van der Waals surface area (Å²) in [6.07, 6.45) is 16.5. The van der Waals surface area contributed by atoms with Crippen molar-refractivity contribution in [2.75, 3.05) is 38.1 Å². The van der Waals surface area contributed by atoms with Crippen LogP contribution >= 0.6 is 23.4 Å². The normalized spacial score (nSPS) is 28.3. The highest BCUT2D eigenvalue weighted by Gasteiger charge is 2.58. The number of carboxylic acid groups (broad SMARTS) is 1. The van der Waals surface area contributed by atoms with E-state index >= 15 is 0 Å². The Kier molecular flexibility index (Phi) is 16.4.